The van der Waals surface area contributed by atoms with Crippen molar-refractivity contribution >= 4 is 35.0 Å². The number of hydrogen-bond donors (Lipinski definition) is 3. The number of rotatable bonds is 5. The van der Waals surface area contributed by atoms with E-state index in [0.29, 0.717) is 16.6 Å². The third kappa shape index (κ3) is 3.95. The van der Waals surface area contributed by atoms with Crippen molar-refractivity contribution in [3.05, 3.63) is 111 Å². The first-order valence-electron chi connectivity index (χ1n) is 9.88. The summed E-state index contributed by atoms with van der Waals surface area (Å²) in [4.78, 5) is 41.1. The molecule has 1 heterocycles. The SMILES string of the molecule is COC(=O)c1ccc2c(=O)n(NC(=O)C(O)(c3ccccc3)c3ccccc3)c(=S)[nH]c2c1. The van der Waals surface area contributed by atoms with Gasteiger partial charge in [-0.25, -0.2) is 4.79 Å². The summed E-state index contributed by atoms with van der Waals surface area (Å²) in [6.07, 6.45) is 0. The zero-order chi connectivity index (χ0) is 23.6. The lowest BCUT2D eigenvalue weighted by Gasteiger charge is -2.28. The molecule has 9 heteroatoms. The number of aromatic nitrogens is 2. The van der Waals surface area contributed by atoms with Crippen molar-refractivity contribution in [2.75, 3.05) is 12.5 Å². The molecule has 0 unspecified atom stereocenters. The lowest BCUT2D eigenvalue weighted by Crippen LogP contribution is -2.47. The van der Waals surface area contributed by atoms with E-state index in [9.17, 15) is 19.5 Å². The largest absolute Gasteiger partial charge is 0.465 e. The van der Waals surface area contributed by atoms with Gasteiger partial charge in [0.25, 0.3) is 11.5 Å². The van der Waals surface area contributed by atoms with Gasteiger partial charge in [-0.1, -0.05) is 60.7 Å². The highest BCUT2D eigenvalue weighted by atomic mass is 32.1. The molecule has 0 aliphatic heterocycles. The van der Waals surface area contributed by atoms with Gasteiger partial charge < -0.3 is 14.8 Å². The van der Waals surface area contributed by atoms with Crippen LogP contribution >= 0.6 is 12.2 Å². The zero-order valence-corrected chi connectivity index (χ0v) is 18.3. The number of carbonyl (C=O) groups is 2. The van der Waals surface area contributed by atoms with Crippen molar-refractivity contribution in [2.24, 2.45) is 0 Å². The average molecular weight is 461 g/mol. The van der Waals surface area contributed by atoms with E-state index >= 15 is 0 Å². The minimum Gasteiger partial charge on any atom is -0.465 e. The van der Waals surface area contributed by atoms with Crippen LogP contribution in [0.1, 0.15) is 21.5 Å². The highest BCUT2D eigenvalue weighted by Gasteiger charge is 2.40. The van der Waals surface area contributed by atoms with Crippen LogP contribution in [0, 0.1) is 4.77 Å². The van der Waals surface area contributed by atoms with Gasteiger partial charge in [0.05, 0.1) is 23.6 Å². The second-order valence-electron chi connectivity index (χ2n) is 7.21. The van der Waals surface area contributed by atoms with Gasteiger partial charge in [-0.15, -0.1) is 0 Å². The predicted molar refractivity (Wildman–Crippen MR) is 125 cm³/mol. The average Bonchev–Trinajstić information content (AvgIpc) is 2.86. The molecule has 0 aliphatic carbocycles. The molecule has 0 aliphatic rings. The van der Waals surface area contributed by atoms with E-state index in [2.05, 4.69) is 10.4 Å². The molecular weight excluding hydrogens is 442 g/mol. The number of ether oxygens (including phenoxy) is 1. The first-order valence-corrected chi connectivity index (χ1v) is 10.3. The Bertz CT molecular complexity index is 1420. The van der Waals surface area contributed by atoms with Crippen LogP contribution in [0.25, 0.3) is 10.9 Å². The Labute approximate surface area is 193 Å². The molecule has 0 atom stereocenters. The number of fused-ring (bicyclic) bond motifs is 1. The molecule has 0 fully saturated rings. The number of amides is 1. The molecule has 0 radical (unpaired) electrons. The van der Waals surface area contributed by atoms with Crippen LogP contribution in [0.4, 0.5) is 0 Å². The summed E-state index contributed by atoms with van der Waals surface area (Å²) in [5.41, 5.74) is 0.912. The van der Waals surface area contributed by atoms with Crippen LogP contribution < -0.4 is 11.0 Å². The Morgan fingerprint density at radius 3 is 2.12 bits per heavy atom. The molecule has 166 valence electrons. The fourth-order valence-corrected chi connectivity index (χ4v) is 3.77. The smallest absolute Gasteiger partial charge is 0.337 e. The molecule has 1 amide bonds. The molecule has 4 rings (SSSR count). The zero-order valence-electron chi connectivity index (χ0n) is 17.4. The molecule has 0 saturated heterocycles. The third-order valence-electron chi connectivity index (χ3n) is 5.24. The van der Waals surface area contributed by atoms with Crippen LogP contribution in [0.3, 0.4) is 0 Å². The molecule has 1 aromatic heterocycles. The molecule has 3 N–H and O–H groups in total. The topological polar surface area (TPSA) is 113 Å². The van der Waals surface area contributed by atoms with E-state index in [4.69, 9.17) is 17.0 Å². The molecular formula is C24H19N3O5S. The van der Waals surface area contributed by atoms with E-state index in [0.717, 1.165) is 4.68 Å². The second kappa shape index (κ2) is 8.81. The third-order valence-corrected chi connectivity index (χ3v) is 5.53. The van der Waals surface area contributed by atoms with E-state index in [1.165, 1.54) is 25.3 Å². The standard InChI is InChI=1S/C24H19N3O5S/c1-32-21(29)15-12-13-18-19(14-15)25-23(33)27(20(18)28)26-22(30)24(31,16-8-4-2-5-9-16)17-10-6-3-7-11-17/h2-14,31H,1H3,(H,25,33)(H,26,30). The molecule has 3 aromatic carbocycles. The lowest BCUT2D eigenvalue weighted by atomic mass is 9.85. The quantitative estimate of drug-likeness (QED) is 0.311. The Kier molecular flexibility index (Phi) is 5.91. The summed E-state index contributed by atoms with van der Waals surface area (Å²) in [6, 6.07) is 21.1. The highest BCUT2D eigenvalue weighted by Crippen LogP contribution is 2.30. The number of esters is 1. The Morgan fingerprint density at radius 1 is 1.00 bits per heavy atom. The van der Waals surface area contributed by atoms with Gasteiger partial charge >= 0.3 is 5.97 Å². The maximum Gasteiger partial charge on any atom is 0.337 e. The number of carbonyl (C=O) groups excluding carboxylic acids is 2. The first kappa shape index (κ1) is 22.1. The number of nitrogens with zero attached hydrogens (tertiary/aromatic N) is 1. The summed E-state index contributed by atoms with van der Waals surface area (Å²) in [5, 5.41) is 11.8. The van der Waals surface area contributed by atoms with Crippen molar-refractivity contribution in [3.8, 4) is 0 Å². The van der Waals surface area contributed by atoms with Crippen LogP contribution in [-0.2, 0) is 15.1 Å². The van der Waals surface area contributed by atoms with Gasteiger partial charge in [-0.2, -0.15) is 4.68 Å². The van der Waals surface area contributed by atoms with Gasteiger partial charge in [0, 0.05) is 0 Å². The second-order valence-corrected chi connectivity index (χ2v) is 7.59. The summed E-state index contributed by atoms with van der Waals surface area (Å²) in [5.74, 6) is -1.43. The number of H-pyrrole nitrogens is 1. The minimum atomic E-state index is -2.09. The van der Waals surface area contributed by atoms with Gasteiger partial charge in [-0.05, 0) is 41.5 Å². The summed E-state index contributed by atoms with van der Waals surface area (Å²) in [7, 11) is 1.25. The summed E-state index contributed by atoms with van der Waals surface area (Å²) >= 11 is 5.27. The minimum absolute atomic E-state index is 0.119. The Hall–Kier alpha value is -4.08. The van der Waals surface area contributed by atoms with Crippen LogP contribution in [0.2, 0.25) is 0 Å². The maximum atomic E-state index is 13.4. The number of aromatic amines is 1. The van der Waals surface area contributed by atoms with Crippen LogP contribution in [0.5, 0.6) is 0 Å². The fraction of sp³-hybridized carbons (Fsp3) is 0.0833. The number of aliphatic hydroxyl groups is 1. The first-order chi connectivity index (χ1) is 15.9. The van der Waals surface area contributed by atoms with E-state index in [-0.39, 0.29) is 15.7 Å². The van der Waals surface area contributed by atoms with Gasteiger partial charge in [-0.3, -0.25) is 15.0 Å². The molecule has 0 saturated carbocycles. The van der Waals surface area contributed by atoms with Crippen molar-refractivity contribution in [3.63, 3.8) is 0 Å². The van der Waals surface area contributed by atoms with Crippen molar-refractivity contribution in [1.29, 1.82) is 0 Å². The highest BCUT2D eigenvalue weighted by molar-refractivity contribution is 7.71. The van der Waals surface area contributed by atoms with Gasteiger partial charge in [0.1, 0.15) is 0 Å². The van der Waals surface area contributed by atoms with E-state index in [1.54, 1.807) is 60.7 Å². The van der Waals surface area contributed by atoms with E-state index in [1.807, 2.05) is 0 Å². The molecule has 4 aromatic rings. The lowest BCUT2D eigenvalue weighted by molar-refractivity contribution is -0.132. The number of hydrogen-bond acceptors (Lipinski definition) is 6. The van der Waals surface area contributed by atoms with Gasteiger partial charge in [0.15, 0.2) is 10.4 Å². The summed E-state index contributed by atoms with van der Waals surface area (Å²) in [6.45, 7) is 0. The molecule has 33 heavy (non-hydrogen) atoms. The fourth-order valence-electron chi connectivity index (χ4n) is 3.53. The monoisotopic (exact) mass is 461 g/mol. The van der Waals surface area contributed by atoms with Crippen molar-refractivity contribution in [1.82, 2.24) is 9.66 Å². The van der Waals surface area contributed by atoms with Gasteiger partial charge in [0.2, 0.25) is 0 Å². The van der Waals surface area contributed by atoms with Crippen molar-refractivity contribution < 1.29 is 19.4 Å². The molecule has 8 nitrogen and oxygen atoms in total. The number of nitrogens with one attached hydrogen (secondary N) is 2. The summed E-state index contributed by atoms with van der Waals surface area (Å²) < 4.78 is 5.43. The van der Waals surface area contributed by atoms with Crippen LogP contribution in [-0.4, -0.2) is 33.8 Å². The maximum absolute atomic E-state index is 13.4. The predicted octanol–water partition coefficient (Wildman–Crippen LogP) is 2.85. The molecule has 0 spiro atoms. The van der Waals surface area contributed by atoms with Crippen molar-refractivity contribution in [2.45, 2.75) is 5.60 Å². The Morgan fingerprint density at radius 2 is 1.58 bits per heavy atom. The molecule has 0 bridgehead atoms. The van der Waals surface area contributed by atoms with Crippen LogP contribution in [0.15, 0.2) is 83.7 Å². The number of benzene rings is 3. The normalized spacial score (nSPS) is 11.2. The number of methoxy groups -OCH3 is 1. The van der Waals surface area contributed by atoms with E-state index < -0.39 is 23.0 Å². The Balaban J connectivity index is 1.81.